The van der Waals surface area contributed by atoms with Crippen molar-refractivity contribution in [2.45, 2.75) is 4.90 Å². The van der Waals surface area contributed by atoms with E-state index in [2.05, 4.69) is 19.7 Å². The average molecular weight is 403 g/mol. The standard InChI is InChI=1S/C14H12Cl2N4O4S/c1-23-12-11(16)13(24-2)19-14(18-12)20-25(21,22)10-6-17-9-5-7(15)3-4-8(9)10/h3-6,17H,1-2H3,(H,18,19,20). The number of nitrogens with zero attached hydrogens (tertiary/aromatic N) is 2. The predicted molar refractivity (Wildman–Crippen MR) is 94.3 cm³/mol. The molecule has 0 saturated heterocycles. The maximum Gasteiger partial charge on any atom is 0.266 e. The van der Waals surface area contributed by atoms with Gasteiger partial charge in [-0.15, -0.1) is 0 Å². The van der Waals surface area contributed by atoms with Crippen molar-refractivity contribution in [2.75, 3.05) is 18.9 Å². The minimum absolute atomic E-state index is 0.0167. The van der Waals surface area contributed by atoms with Crippen molar-refractivity contribution in [3.63, 3.8) is 0 Å². The first-order valence-electron chi connectivity index (χ1n) is 6.80. The van der Waals surface area contributed by atoms with Crippen molar-refractivity contribution < 1.29 is 17.9 Å². The number of anilines is 1. The van der Waals surface area contributed by atoms with E-state index in [0.717, 1.165) is 0 Å². The Kier molecular flexibility index (Phi) is 4.63. The van der Waals surface area contributed by atoms with Gasteiger partial charge in [0, 0.05) is 22.1 Å². The summed E-state index contributed by atoms with van der Waals surface area (Å²) in [6.07, 6.45) is 1.35. The number of benzene rings is 1. The molecule has 3 aromatic rings. The average Bonchev–Trinajstić information content (AvgIpc) is 2.99. The van der Waals surface area contributed by atoms with E-state index in [1.54, 1.807) is 18.2 Å². The van der Waals surface area contributed by atoms with Gasteiger partial charge >= 0.3 is 0 Å². The van der Waals surface area contributed by atoms with Gasteiger partial charge in [0.25, 0.3) is 10.0 Å². The zero-order chi connectivity index (χ0) is 18.2. The molecule has 2 N–H and O–H groups in total. The summed E-state index contributed by atoms with van der Waals surface area (Å²) in [7, 11) is -1.29. The SMILES string of the molecule is COc1nc(NS(=O)(=O)c2c[nH]c3cc(Cl)ccc23)nc(OC)c1Cl. The van der Waals surface area contributed by atoms with Crippen LogP contribution in [0.2, 0.25) is 10.0 Å². The van der Waals surface area contributed by atoms with Crippen molar-refractivity contribution in [2.24, 2.45) is 0 Å². The summed E-state index contributed by atoms with van der Waals surface area (Å²) in [6.45, 7) is 0. The predicted octanol–water partition coefficient (Wildman–Crippen LogP) is 3.08. The molecule has 0 amide bonds. The Morgan fingerprint density at radius 3 is 2.36 bits per heavy atom. The van der Waals surface area contributed by atoms with E-state index >= 15 is 0 Å². The van der Waals surface area contributed by atoms with E-state index in [1.807, 2.05) is 0 Å². The highest BCUT2D eigenvalue weighted by molar-refractivity contribution is 7.93. The second-order valence-electron chi connectivity index (χ2n) is 4.83. The van der Waals surface area contributed by atoms with Crippen LogP contribution < -0.4 is 14.2 Å². The molecule has 0 aliphatic carbocycles. The van der Waals surface area contributed by atoms with Crippen molar-refractivity contribution in [1.82, 2.24) is 15.0 Å². The van der Waals surface area contributed by atoms with Crippen LogP contribution in [-0.4, -0.2) is 37.6 Å². The van der Waals surface area contributed by atoms with Crippen LogP contribution in [0, 0.1) is 0 Å². The molecule has 3 rings (SSSR count). The van der Waals surface area contributed by atoms with Crippen LogP contribution in [0.25, 0.3) is 10.9 Å². The summed E-state index contributed by atoms with van der Waals surface area (Å²) in [5, 5.41) is 1.00. The molecule has 0 bridgehead atoms. The summed E-state index contributed by atoms with van der Waals surface area (Å²) in [6, 6.07) is 4.83. The Bertz CT molecular complexity index is 1030. The normalized spacial score (nSPS) is 11.5. The van der Waals surface area contributed by atoms with Crippen LogP contribution >= 0.6 is 23.2 Å². The molecule has 0 spiro atoms. The van der Waals surface area contributed by atoms with E-state index in [4.69, 9.17) is 32.7 Å². The highest BCUT2D eigenvalue weighted by Crippen LogP contribution is 2.32. The number of fused-ring (bicyclic) bond motifs is 1. The molecule has 25 heavy (non-hydrogen) atoms. The van der Waals surface area contributed by atoms with Gasteiger partial charge in [0.15, 0.2) is 5.02 Å². The first-order valence-corrected chi connectivity index (χ1v) is 9.04. The zero-order valence-electron chi connectivity index (χ0n) is 13.0. The fourth-order valence-electron chi connectivity index (χ4n) is 2.19. The first kappa shape index (κ1) is 17.6. The first-order chi connectivity index (χ1) is 11.9. The number of aromatic nitrogens is 3. The largest absolute Gasteiger partial charge is 0.480 e. The fraction of sp³-hybridized carbons (Fsp3) is 0.143. The molecule has 1 aromatic carbocycles. The Morgan fingerprint density at radius 2 is 1.76 bits per heavy atom. The van der Waals surface area contributed by atoms with Crippen molar-refractivity contribution in [3.05, 3.63) is 34.4 Å². The zero-order valence-corrected chi connectivity index (χ0v) is 15.3. The lowest BCUT2D eigenvalue weighted by Gasteiger charge is -2.10. The topological polar surface area (TPSA) is 106 Å². The van der Waals surface area contributed by atoms with Crippen LogP contribution in [0.1, 0.15) is 0 Å². The molecule has 8 nitrogen and oxygen atoms in total. The number of rotatable bonds is 5. The fourth-order valence-corrected chi connectivity index (χ4v) is 3.73. The third-order valence-electron chi connectivity index (χ3n) is 3.30. The third kappa shape index (κ3) is 3.30. The van der Waals surface area contributed by atoms with Crippen LogP contribution in [0.3, 0.4) is 0 Å². The molecule has 2 heterocycles. The van der Waals surface area contributed by atoms with E-state index in [1.165, 1.54) is 20.4 Å². The molecule has 0 aliphatic rings. The molecule has 0 fully saturated rings. The van der Waals surface area contributed by atoms with E-state index in [0.29, 0.717) is 15.9 Å². The number of halogens is 2. The number of hydrogen-bond donors (Lipinski definition) is 2. The molecule has 0 unspecified atom stereocenters. The van der Waals surface area contributed by atoms with Crippen LogP contribution in [0.5, 0.6) is 11.8 Å². The van der Waals surface area contributed by atoms with Crippen molar-refractivity contribution >= 4 is 50.1 Å². The van der Waals surface area contributed by atoms with Gasteiger partial charge in [-0.2, -0.15) is 9.97 Å². The summed E-state index contributed by atoms with van der Waals surface area (Å²) < 4.78 is 37.7. The Balaban J connectivity index is 2.04. The number of sulfonamides is 1. The number of H-pyrrole nitrogens is 1. The van der Waals surface area contributed by atoms with Crippen LogP contribution in [0.4, 0.5) is 5.95 Å². The summed E-state index contributed by atoms with van der Waals surface area (Å²) >= 11 is 11.9. The van der Waals surface area contributed by atoms with Gasteiger partial charge in [-0.05, 0) is 18.2 Å². The molecule has 0 saturated carbocycles. The lowest BCUT2D eigenvalue weighted by Crippen LogP contribution is -2.15. The van der Waals surface area contributed by atoms with Gasteiger partial charge in [-0.3, -0.25) is 0 Å². The highest BCUT2D eigenvalue weighted by atomic mass is 35.5. The molecule has 132 valence electrons. The van der Waals surface area contributed by atoms with Gasteiger partial charge < -0.3 is 14.5 Å². The summed E-state index contributed by atoms with van der Waals surface area (Å²) in [5.41, 5.74) is 0.583. The molecule has 0 radical (unpaired) electrons. The van der Waals surface area contributed by atoms with Crippen LogP contribution in [0.15, 0.2) is 29.3 Å². The minimum Gasteiger partial charge on any atom is -0.480 e. The maximum absolute atomic E-state index is 12.7. The lowest BCUT2D eigenvalue weighted by molar-refractivity contribution is 0.373. The molecule has 0 aliphatic heterocycles. The van der Waals surface area contributed by atoms with Crippen LogP contribution in [-0.2, 0) is 10.0 Å². The summed E-state index contributed by atoms with van der Waals surface area (Å²) in [5.74, 6) is -0.268. The second kappa shape index (κ2) is 6.58. The number of methoxy groups -OCH3 is 2. The van der Waals surface area contributed by atoms with Gasteiger partial charge in [0.2, 0.25) is 17.7 Å². The molecule has 11 heteroatoms. The van der Waals surface area contributed by atoms with E-state index < -0.39 is 10.0 Å². The molecular formula is C14H12Cl2N4O4S. The van der Waals surface area contributed by atoms with E-state index in [9.17, 15) is 8.42 Å². The van der Waals surface area contributed by atoms with Gasteiger partial charge in [-0.1, -0.05) is 23.2 Å². The summed E-state index contributed by atoms with van der Waals surface area (Å²) in [4.78, 5) is 10.7. The Morgan fingerprint density at radius 1 is 1.12 bits per heavy atom. The second-order valence-corrected chi connectivity index (χ2v) is 7.29. The van der Waals surface area contributed by atoms with Crippen molar-refractivity contribution in [1.29, 1.82) is 0 Å². The molecular weight excluding hydrogens is 391 g/mol. The highest BCUT2D eigenvalue weighted by Gasteiger charge is 2.22. The van der Waals surface area contributed by atoms with E-state index in [-0.39, 0.29) is 27.6 Å². The van der Waals surface area contributed by atoms with Crippen molar-refractivity contribution in [3.8, 4) is 11.8 Å². The van der Waals surface area contributed by atoms with Gasteiger partial charge in [0.1, 0.15) is 4.90 Å². The number of nitrogens with one attached hydrogen (secondary N) is 2. The Labute approximate surface area is 153 Å². The number of hydrogen-bond acceptors (Lipinski definition) is 6. The molecule has 0 atom stereocenters. The minimum atomic E-state index is -3.98. The smallest absolute Gasteiger partial charge is 0.266 e. The molecule has 2 aromatic heterocycles. The van der Waals surface area contributed by atoms with Gasteiger partial charge in [0.05, 0.1) is 14.2 Å². The quantitative estimate of drug-likeness (QED) is 0.678. The Hall–Kier alpha value is -2.23. The number of ether oxygens (including phenoxy) is 2. The van der Waals surface area contributed by atoms with Gasteiger partial charge in [-0.25, -0.2) is 13.1 Å². The third-order valence-corrected chi connectivity index (χ3v) is 5.22. The maximum atomic E-state index is 12.7. The number of aromatic amines is 1. The monoisotopic (exact) mass is 402 g/mol. The lowest BCUT2D eigenvalue weighted by atomic mass is 10.2.